The van der Waals surface area contributed by atoms with Crippen LogP contribution in [0.15, 0.2) is 55.5 Å². The van der Waals surface area contributed by atoms with Crippen molar-refractivity contribution in [2.24, 2.45) is 0 Å². The number of benzene rings is 1. The van der Waals surface area contributed by atoms with E-state index in [0.717, 1.165) is 22.3 Å². The van der Waals surface area contributed by atoms with E-state index in [0.29, 0.717) is 40.3 Å². The molecule has 3 aromatic rings. The molecule has 0 atom stereocenters. The van der Waals surface area contributed by atoms with E-state index in [1.165, 1.54) is 0 Å². The molecule has 1 N–H and O–H groups in total. The molecule has 8 heteroatoms. The molecular weight excluding hydrogens is 447 g/mol. The zero-order valence-electron chi connectivity index (χ0n) is 18.4. The fraction of sp³-hybridized carbons (Fsp3) is 0.250. The van der Waals surface area contributed by atoms with Crippen molar-refractivity contribution in [3.8, 4) is 5.75 Å². The Bertz CT molecular complexity index is 1130. The molecule has 0 aliphatic heterocycles. The molecule has 32 heavy (non-hydrogen) atoms. The van der Waals surface area contributed by atoms with Crippen molar-refractivity contribution in [1.29, 1.82) is 0 Å². The summed E-state index contributed by atoms with van der Waals surface area (Å²) in [7, 11) is 1.63. The lowest BCUT2D eigenvalue weighted by Gasteiger charge is -2.19. The molecule has 0 saturated heterocycles. The van der Waals surface area contributed by atoms with Gasteiger partial charge in [0.15, 0.2) is 0 Å². The fourth-order valence-electron chi connectivity index (χ4n) is 3.24. The lowest BCUT2D eigenvalue weighted by atomic mass is 10.1. The summed E-state index contributed by atoms with van der Waals surface area (Å²) in [5, 5.41) is 4.94. The van der Waals surface area contributed by atoms with Gasteiger partial charge in [0.25, 0.3) is 0 Å². The number of methoxy groups -OCH3 is 1. The summed E-state index contributed by atoms with van der Waals surface area (Å²) >= 11 is 12.9. The standard InChI is InChI=1S/C24H26Cl2N4O2/c1-5-11-30(6-2)20-13-16(3)29-23-17(20)8-7-9-21(23)32-15-18-19(25)14-28-24(22(18)26)27-10-12-31-4/h5-9,11,13-14H,2,10,12,15H2,1,3-4H3,(H,27,28)/b11-5-. The highest BCUT2D eigenvalue weighted by atomic mass is 35.5. The van der Waals surface area contributed by atoms with Gasteiger partial charge in [-0.05, 0) is 26.0 Å². The second-order valence-corrected chi connectivity index (χ2v) is 7.75. The molecular formula is C24H26Cl2N4O2. The molecule has 0 bridgehead atoms. The molecule has 0 aliphatic carbocycles. The predicted octanol–water partition coefficient (Wildman–Crippen LogP) is 6.37. The van der Waals surface area contributed by atoms with Crippen molar-refractivity contribution < 1.29 is 9.47 Å². The van der Waals surface area contributed by atoms with Crippen LogP contribution in [-0.4, -0.2) is 30.2 Å². The molecule has 0 amide bonds. The Labute approximate surface area is 198 Å². The molecule has 0 radical (unpaired) electrons. The smallest absolute Gasteiger partial charge is 0.146 e. The summed E-state index contributed by atoms with van der Waals surface area (Å²) in [6.45, 7) is 9.11. The Hall–Kier alpha value is -2.80. The van der Waals surface area contributed by atoms with Crippen LogP contribution in [0.5, 0.6) is 5.75 Å². The average Bonchev–Trinajstić information content (AvgIpc) is 2.78. The van der Waals surface area contributed by atoms with Crippen LogP contribution in [0.3, 0.4) is 0 Å². The molecule has 0 aliphatic rings. The maximum Gasteiger partial charge on any atom is 0.146 e. The topological polar surface area (TPSA) is 59.5 Å². The van der Waals surface area contributed by atoms with Gasteiger partial charge in [-0.15, -0.1) is 0 Å². The number of para-hydroxylation sites is 1. The quantitative estimate of drug-likeness (QED) is 0.346. The van der Waals surface area contributed by atoms with Crippen LogP contribution in [0, 0.1) is 6.92 Å². The van der Waals surface area contributed by atoms with Gasteiger partial charge >= 0.3 is 0 Å². The van der Waals surface area contributed by atoms with Crippen molar-refractivity contribution in [3.63, 3.8) is 0 Å². The number of nitrogens with zero attached hydrogens (tertiary/aromatic N) is 3. The molecule has 2 heterocycles. The summed E-state index contributed by atoms with van der Waals surface area (Å²) in [6, 6.07) is 7.84. The van der Waals surface area contributed by atoms with Crippen molar-refractivity contribution in [2.75, 3.05) is 30.5 Å². The monoisotopic (exact) mass is 472 g/mol. The van der Waals surface area contributed by atoms with E-state index in [-0.39, 0.29) is 6.61 Å². The Morgan fingerprint density at radius 3 is 2.81 bits per heavy atom. The Morgan fingerprint density at radius 1 is 1.28 bits per heavy atom. The van der Waals surface area contributed by atoms with Crippen LogP contribution in [-0.2, 0) is 11.3 Å². The number of allylic oxidation sites excluding steroid dienone is 1. The van der Waals surface area contributed by atoms with E-state index >= 15 is 0 Å². The summed E-state index contributed by atoms with van der Waals surface area (Å²) in [5.74, 6) is 1.17. The van der Waals surface area contributed by atoms with Crippen LogP contribution in [0.2, 0.25) is 10.0 Å². The fourth-order valence-corrected chi connectivity index (χ4v) is 3.76. The number of halogens is 2. The van der Waals surface area contributed by atoms with Crippen molar-refractivity contribution in [3.05, 3.63) is 76.8 Å². The number of ether oxygens (including phenoxy) is 2. The summed E-state index contributed by atoms with van der Waals surface area (Å²) in [6.07, 6.45) is 7.22. The second kappa shape index (κ2) is 11.2. The second-order valence-electron chi connectivity index (χ2n) is 6.96. The number of aromatic nitrogens is 2. The molecule has 168 valence electrons. The third-order valence-electron chi connectivity index (χ3n) is 4.73. The number of aryl methyl sites for hydroxylation is 1. The average molecular weight is 473 g/mol. The van der Waals surface area contributed by atoms with Gasteiger partial charge < -0.3 is 19.7 Å². The molecule has 3 rings (SSSR count). The first-order valence-corrected chi connectivity index (χ1v) is 10.9. The number of fused-ring (bicyclic) bond motifs is 1. The molecule has 0 fully saturated rings. The minimum absolute atomic E-state index is 0.170. The highest BCUT2D eigenvalue weighted by Gasteiger charge is 2.16. The summed E-state index contributed by atoms with van der Waals surface area (Å²) in [5.41, 5.74) is 3.23. The van der Waals surface area contributed by atoms with Crippen LogP contribution >= 0.6 is 23.2 Å². The zero-order valence-corrected chi connectivity index (χ0v) is 19.9. The normalized spacial score (nSPS) is 11.2. The highest BCUT2D eigenvalue weighted by Crippen LogP contribution is 2.35. The van der Waals surface area contributed by atoms with E-state index in [1.807, 2.05) is 55.3 Å². The van der Waals surface area contributed by atoms with Gasteiger partial charge in [-0.2, -0.15) is 0 Å². The van der Waals surface area contributed by atoms with Crippen LogP contribution < -0.4 is 15.0 Å². The van der Waals surface area contributed by atoms with Gasteiger partial charge in [0.2, 0.25) is 0 Å². The number of hydrogen-bond acceptors (Lipinski definition) is 6. The third kappa shape index (κ3) is 5.33. The first kappa shape index (κ1) is 23.9. The molecule has 0 unspecified atom stereocenters. The Kier molecular flexibility index (Phi) is 8.33. The summed E-state index contributed by atoms with van der Waals surface area (Å²) < 4.78 is 11.2. The van der Waals surface area contributed by atoms with Gasteiger partial charge in [-0.25, -0.2) is 9.97 Å². The molecule has 0 saturated carbocycles. The van der Waals surface area contributed by atoms with Crippen molar-refractivity contribution >= 4 is 45.6 Å². The maximum absolute atomic E-state index is 6.55. The van der Waals surface area contributed by atoms with E-state index in [2.05, 4.69) is 16.9 Å². The van der Waals surface area contributed by atoms with E-state index in [9.17, 15) is 0 Å². The van der Waals surface area contributed by atoms with Crippen LogP contribution in [0.25, 0.3) is 10.9 Å². The Balaban J connectivity index is 1.95. The minimum Gasteiger partial charge on any atom is -0.487 e. The molecule has 1 aromatic carbocycles. The van der Waals surface area contributed by atoms with Gasteiger partial charge in [-0.3, -0.25) is 0 Å². The lowest BCUT2D eigenvalue weighted by molar-refractivity contribution is 0.210. The lowest BCUT2D eigenvalue weighted by Crippen LogP contribution is -2.10. The summed E-state index contributed by atoms with van der Waals surface area (Å²) in [4.78, 5) is 10.9. The zero-order chi connectivity index (χ0) is 23.1. The number of nitrogens with one attached hydrogen (secondary N) is 1. The van der Waals surface area contributed by atoms with Crippen LogP contribution in [0.1, 0.15) is 18.2 Å². The van der Waals surface area contributed by atoms with Crippen molar-refractivity contribution in [1.82, 2.24) is 9.97 Å². The molecule has 2 aromatic heterocycles. The van der Waals surface area contributed by atoms with Gasteiger partial charge in [0.05, 0.1) is 22.3 Å². The van der Waals surface area contributed by atoms with Crippen LogP contribution in [0.4, 0.5) is 11.5 Å². The van der Waals surface area contributed by atoms with Gasteiger partial charge in [0.1, 0.15) is 23.7 Å². The highest BCUT2D eigenvalue weighted by molar-refractivity contribution is 6.37. The number of anilines is 2. The Morgan fingerprint density at radius 2 is 2.09 bits per heavy atom. The van der Waals surface area contributed by atoms with Gasteiger partial charge in [0, 0.05) is 48.9 Å². The predicted molar refractivity (Wildman–Crippen MR) is 133 cm³/mol. The maximum atomic E-state index is 6.55. The van der Waals surface area contributed by atoms with Gasteiger partial charge in [-0.1, -0.05) is 48.0 Å². The third-order valence-corrected chi connectivity index (χ3v) is 5.46. The largest absolute Gasteiger partial charge is 0.487 e. The first-order valence-electron chi connectivity index (χ1n) is 10.1. The first-order chi connectivity index (χ1) is 15.5. The number of hydrogen-bond donors (Lipinski definition) is 1. The van der Waals surface area contributed by atoms with E-state index < -0.39 is 0 Å². The number of rotatable bonds is 10. The van der Waals surface area contributed by atoms with E-state index in [1.54, 1.807) is 19.5 Å². The van der Waals surface area contributed by atoms with E-state index in [4.69, 9.17) is 37.7 Å². The SMILES string of the molecule is C=CN(/C=C\C)c1cc(C)nc2c(OCc3c(Cl)cnc(NCCOC)c3Cl)cccc12. The van der Waals surface area contributed by atoms with Crippen molar-refractivity contribution in [2.45, 2.75) is 20.5 Å². The molecule has 0 spiro atoms. The number of pyridine rings is 2. The minimum atomic E-state index is 0.170. The molecule has 6 nitrogen and oxygen atoms in total.